The minimum absolute atomic E-state index is 0.0547. The quantitative estimate of drug-likeness (QED) is 0.367. The minimum Gasteiger partial charge on any atom is -0.475 e. The number of fused-ring (bicyclic) bond motifs is 1. The summed E-state index contributed by atoms with van der Waals surface area (Å²) in [5.74, 6) is -3.81. The molecule has 1 fully saturated rings. The number of aliphatic carboxylic acids is 1. The van der Waals surface area contributed by atoms with Crippen molar-refractivity contribution in [3.05, 3.63) is 88.7 Å². The standard InChI is InChI=1S/C26H28F2N6O2.C2HF3O2/c27-20-5-1-17(2-6-20)25(18-3-7-21(28)8-4-18)33-11-9-32(10-12-33)24(35)13-22(29)26(36)34-15-19-14-30-31-23(19)16-34;3-2(4,5)1(6)7/h1-8,14,22,25H,9-13,15-16,29H2,(H,30,31);(H,6,7)/t22-;/m0./s1. The van der Waals surface area contributed by atoms with Gasteiger partial charge in [-0.25, -0.2) is 13.6 Å². The summed E-state index contributed by atoms with van der Waals surface area (Å²) in [4.78, 5) is 40.2. The Bertz CT molecular complexity index is 1360. The van der Waals surface area contributed by atoms with Crippen molar-refractivity contribution >= 4 is 17.8 Å². The maximum Gasteiger partial charge on any atom is 0.490 e. The first kappa shape index (κ1) is 31.6. The molecule has 3 heterocycles. The molecular weight excluding hydrogens is 579 g/mol. The number of nitrogens with zero attached hydrogens (tertiary/aromatic N) is 4. The van der Waals surface area contributed by atoms with Crippen LogP contribution < -0.4 is 5.73 Å². The lowest BCUT2D eigenvalue weighted by molar-refractivity contribution is -0.192. The molecule has 0 aliphatic carbocycles. The van der Waals surface area contributed by atoms with Crippen molar-refractivity contribution in [3.8, 4) is 0 Å². The molecule has 3 aromatic rings. The first-order valence-electron chi connectivity index (χ1n) is 13.2. The van der Waals surface area contributed by atoms with Gasteiger partial charge < -0.3 is 20.6 Å². The molecule has 2 aromatic carbocycles. The van der Waals surface area contributed by atoms with E-state index in [0.29, 0.717) is 39.3 Å². The third-order valence-electron chi connectivity index (χ3n) is 7.19. The van der Waals surface area contributed by atoms with Crippen LogP contribution in [0, 0.1) is 11.6 Å². The maximum atomic E-state index is 13.6. The number of hydrogen-bond acceptors (Lipinski definition) is 6. The summed E-state index contributed by atoms with van der Waals surface area (Å²) in [6.07, 6.45) is -3.44. The number of amides is 2. The predicted molar refractivity (Wildman–Crippen MR) is 142 cm³/mol. The number of H-pyrrole nitrogens is 1. The molecule has 1 saturated heterocycles. The first-order chi connectivity index (χ1) is 20.3. The Morgan fingerprint density at radius 3 is 1.86 bits per heavy atom. The van der Waals surface area contributed by atoms with Gasteiger partial charge in [-0.05, 0) is 35.4 Å². The molecule has 1 atom stereocenters. The fraction of sp³-hybridized carbons (Fsp3) is 0.357. The average Bonchev–Trinajstić information content (AvgIpc) is 3.58. The number of carboxylic acid groups (broad SMARTS) is 1. The number of halogens is 5. The van der Waals surface area contributed by atoms with Crippen LogP contribution in [0.3, 0.4) is 0 Å². The van der Waals surface area contributed by atoms with E-state index >= 15 is 0 Å². The molecule has 1 aromatic heterocycles. The smallest absolute Gasteiger partial charge is 0.475 e. The number of nitrogens with two attached hydrogens (primary N) is 1. The van der Waals surface area contributed by atoms with E-state index in [9.17, 15) is 31.5 Å². The molecule has 43 heavy (non-hydrogen) atoms. The number of carbonyl (C=O) groups is 3. The van der Waals surface area contributed by atoms with Gasteiger partial charge in [0.25, 0.3) is 0 Å². The van der Waals surface area contributed by atoms with E-state index < -0.39 is 18.2 Å². The third-order valence-corrected chi connectivity index (χ3v) is 7.19. The van der Waals surface area contributed by atoms with Gasteiger partial charge >= 0.3 is 12.1 Å². The lowest BCUT2D eigenvalue weighted by atomic mass is 9.96. The van der Waals surface area contributed by atoms with E-state index in [4.69, 9.17) is 15.6 Å². The number of carbonyl (C=O) groups excluding carboxylic acids is 2. The van der Waals surface area contributed by atoms with Gasteiger partial charge in [-0.2, -0.15) is 18.3 Å². The molecule has 2 aliphatic heterocycles. The summed E-state index contributed by atoms with van der Waals surface area (Å²) in [7, 11) is 0. The number of piperazine rings is 1. The fourth-order valence-electron chi connectivity index (χ4n) is 4.99. The van der Waals surface area contributed by atoms with E-state index in [2.05, 4.69) is 15.1 Å². The highest BCUT2D eigenvalue weighted by atomic mass is 19.4. The highest BCUT2D eigenvalue weighted by Gasteiger charge is 2.38. The van der Waals surface area contributed by atoms with E-state index in [1.165, 1.54) is 24.3 Å². The van der Waals surface area contributed by atoms with Crippen LogP contribution >= 0.6 is 0 Å². The lowest BCUT2D eigenvalue weighted by Crippen LogP contribution is -2.52. The topological polar surface area (TPSA) is 136 Å². The second-order valence-electron chi connectivity index (χ2n) is 10.1. The van der Waals surface area contributed by atoms with Gasteiger partial charge in [-0.3, -0.25) is 19.6 Å². The number of alkyl halides is 3. The number of hydrogen-bond donors (Lipinski definition) is 3. The van der Waals surface area contributed by atoms with Crippen LogP contribution in [0.4, 0.5) is 22.0 Å². The van der Waals surface area contributed by atoms with Crippen molar-refractivity contribution in [2.75, 3.05) is 26.2 Å². The molecule has 4 N–H and O–H groups in total. The largest absolute Gasteiger partial charge is 0.490 e. The van der Waals surface area contributed by atoms with Crippen molar-refractivity contribution in [2.45, 2.75) is 37.8 Å². The zero-order valence-electron chi connectivity index (χ0n) is 22.7. The summed E-state index contributed by atoms with van der Waals surface area (Å²) >= 11 is 0. The fourth-order valence-corrected chi connectivity index (χ4v) is 4.99. The second kappa shape index (κ2) is 13.3. The first-order valence-corrected chi connectivity index (χ1v) is 13.2. The molecule has 230 valence electrons. The number of benzene rings is 2. The van der Waals surface area contributed by atoms with Gasteiger partial charge in [-0.15, -0.1) is 0 Å². The summed E-state index contributed by atoms with van der Waals surface area (Å²) in [5, 5.41) is 14.0. The van der Waals surface area contributed by atoms with E-state index in [1.807, 2.05) is 0 Å². The normalized spacial score (nSPS) is 16.0. The highest BCUT2D eigenvalue weighted by Crippen LogP contribution is 2.30. The van der Waals surface area contributed by atoms with E-state index in [1.54, 1.807) is 40.3 Å². The second-order valence-corrected chi connectivity index (χ2v) is 10.1. The van der Waals surface area contributed by atoms with Gasteiger partial charge in [0.15, 0.2) is 0 Å². The number of carboxylic acids is 1. The Labute approximate surface area is 242 Å². The van der Waals surface area contributed by atoms with Gasteiger partial charge in [0.1, 0.15) is 11.6 Å². The predicted octanol–water partition coefficient (Wildman–Crippen LogP) is 2.81. The van der Waals surface area contributed by atoms with Crippen molar-refractivity contribution < 1.29 is 41.4 Å². The van der Waals surface area contributed by atoms with E-state index in [0.717, 1.165) is 22.4 Å². The molecule has 5 rings (SSSR count). The van der Waals surface area contributed by atoms with Gasteiger partial charge in [-0.1, -0.05) is 24.3 Å². The zero-order chi connectivity index (χ0) is 31.3. The molecule has 0 spiro atoms. The Balaban J connectivity index is 0.000000541. The van der Waals surface area contributed by atoms with Crippen molar-refractivity contribution in [3.63, 3.8) is 0 Å². The zero-order valence-corrected chi connectivity index (χ0v) is 22.7. The molecular formula is C28H29F5N6O4. The Kier molecular flexibility index (Phi) is 9.76. The molecule has 0 radical (unpaired) electrons. The molecule has 2 amide bonds. The van der Waals surface area contributed by atoms with Crippen LogP contribution in [-0.4, -0.2) is 86.2 Å². The molecule has 0 unspecified atom stereocenters. The van der Waals surface area contributed by atoms with Crippen LogP contribution in [-0.2, 0) is 27.5 Å². The highest BCUT2D eigenvalue weighted by molar-refractivity contribution is 5.88. The van der Waals surface area contributed by atoms with Gasteiger partial charge in [0.05, 0.1) is 36.9 Å². The summed E-state index contributed by atoms with van der Waals surface area (Å²) in [5.41, 5.74) is 9.77. The number of nitrogens with one attached hydrogen (secondary N) is 1. The van der Waals surface area contributed by atoms with Crippen molar-refractivity contribution in [1.82, 2.24) is 24.9 Å². The number of rotatable bonds is 6. The average molecular weight is 609 g/mol. The van der Waals surface area contributed by atoms with Crippen LogP contribution in [0.5, 0.6) is 0 Å². The summed E-state index contributed by atoms with van der Waals surface area (Å²) in [6, 6.07) is 11.5. The van der Waals surface area contributed by atoms with Gasteiger partial charge in [0, 0.05) is 38.3 Å². The SMILES string of the molecule is N[C@@H](CC(=O)N1CCN(C(c2ccc(F)cc2)c2ccc(F)cc2)CC1)C(=O)N1Cc2cn[nH]c2C1.O=C(O)C(F)(F)F. The number of aromatic amines is 1. The van der Waals surface area contributed by atoms with Crippen molar-refractivity contribution in [2.24, 2.45) is 5.73 Å². The van der Waals surface area contributed by atoms with Crippen LogP contribution in [0.15, 0.2) is 54.7 Å². The monoisotopic (exact) mass is 608 g/mol. The third kappa shape index (κ3) is 7.93. The molecule has 10 nitrogen and oxygen atoms in total. The van der Waals surface area contributed by atoms with Gasteiger partial charge in [0.2, 0.25) is 11.8 Å². The lowest BCUT2D eigenvalue weighted by Gasteiger charge is -2.40. The Morgan fingerprint density at radius 1 is 0.884 bits per heavy atom. The van der Waals surface area contributed by atoms with Crippen LogP contribution in [0.1, 0.15) is 34.8 Å². The Hall–Kier alpha value is -4.37. The maximum absolute atomic E-state index is 13.6. The van der Waals surface area contributed by atoms with Crippen LogP contribution in [0.2, 0.25) is 0 Å². The molecule has 0 saturated carbocycles. The van der Waals surface area contributed by atoms with Crippen LogP contribution in [0.25, 0.3) is 0 Å². The molecule has 15 heteroatoms. The molecule has 0 bridgehead atoms. The number of aromatic nitrogens is 2. The Morgan fingerprint density at radius 2 is 1.40 bits per heavy atom. The summed E-state index contributed by atoms with van der Waals surface area (Å²) < 4.78 is 58.8. The minimum atomic E-state index is -5.08. The van der Waals surface area contributed by atoms with Crippen molar-refractivity contribution in [1.29, 1.82) is 0 Å². The van der Waals surface area contributed by atoms with E-state index in [-0.39, 0.29) is 35.9 Å². The summed E-state index contributed by atoms with van der Waals surface area (Å²) in [6.45, 7) is 2.95. The molecule has 2 aliphatic rings.